The van der Waals surface area contributed by atoms with Gasteiger partial charge in [-0.15, -0.1) is 11.6 Å². The van der Waals surface area contributed by atoms with E-state index in [-0.39, 0.29) is 38.1 Å². The third-order valence-corrected chi connectivity index (χ3v) is 3.90. The van der Waals surface area contributed by atoms with Crippen LogP contribution < -0.4 is 4.74 Å². The number of ether oxygens (including phenoxy) is 1. The number of hydrogen-bond acceptors (Lipinski definition) is 3. The fraction of sp³-hybridized carbons (Fsp3) is 0.0769. The summed E-state index contributed by atoms with van der Waals surface area (Å²) in [5.41, 5.74) is 0.395. The highest BCUT2D eigenvalue weighted by Crippen LogP contribution is 2.39. The second-order valence-electron chi connectivity index (χ2n) is 3.99. The van der Waals surface area contributed by atoms with Crippen molar-refractivity contribution in [2.75, 3.05) is 0 Å². The van der Waals surface area contributed by atoms with Gasteiger partial charge in [0.05, 0.1) is 20.0 Å². The van der Waals surface area contributed by atoms with Crippen LogP contribution in [-0.2, 0) is 5.88 Å². The molecule has 0 amide bonds. The SMILES string of the molecule is O=[N+]([O-])c1cc(CCl)ccc1Oc1cc(Cl)c(Cl)cc1Cl. The van der Waals surface area contributed by atoms with Crippen LogP contribution in [0.4, 0.5) is 5.69 Å². The Morgan fingerprint density at radius 2 is 1.67 bits per heavy atom. The largest absolute Gasteiger partial charge is 0.449 e. The minimum atomic E-state index is -0.559. The highest BCUT2D eigenvalue weighted by molar-refractivity contribution is 6.43. The number of nitro benzene ring substituents is 1. The molecular formula is C13H7Cl4NO3. The molecule has 2 aromatic carbocycles. The van der Waals surface area contributed by atoms with E-state index in [0.29, 0.717) is 5.56 Å². The molecule has 0 aliphatic carbocycles. The maximum atomic E-state index is 11.1. The normalized spacial score (nSPS) is 10.5. The summed E-state index contributed by atoms with van der Waals surface area (Å²) < 4.78 is 5.48. The fourth-order valence-corrected chi connectivity index (χ4v) is 2.32. The molecule has 21 heavy (non-hydrogen) atoms. The molecule has 4 nitrogen and oxygen atoms in total. The average Bonchev–Trinajstić information content (AvgIpc) is 2.44. The predicted octanol–water partition coefficient (Wildman–Crippen LogP) is 6.09. The Morgan fingerprint density at radius 3 is 2.29 bits per heavy atom. The molecular weight excluding hydrogens is 360 g/mol. The summed E-state index contributed by atoms with van der Waals surface area (Å²) in [4.78, 5) is 10.5. The van der Waals surface area contributed by atoms with E-state index >= 15 is 0 Å². The quantitative estimate of drug-likeness (QED) is 0.285. The molecule has 0 aliphatic heterocycles. The lowest BCUT2D eigenvalue weighted by Gasteiger charge is -2.10. The first-order chi connectivity index (χ1) is 9.92. The molecule has 2 aromatic rings. The van der Waals surface area contributed by atoms with Gasteiger partial charge in [-0.1, -0.05) is 40.9 Å². The number of benzene rings is 2. The Kier molecular flexibility index (Phi) is 5.17. The molecule has 0 aliphatic rings. The van der Waals surface area contributed by atoms with Crippen molar-refractivity contribution in [2.45, 2.75) is 5.88 Å². The van der Waals surface area contributed by atoms with Crippen LogP contribution in [0.3, 0.4) is 0 Å². The van der Waals surface area contributed by atoms with Crippen molar-refractivity contribution >= 4 is 52.1 Å². The first kappa shape index (κ1) is 16.2. The third kappa shape index (κ3) is 3.71. The molecule has 8 heteroatoms. The molecule has 0 radical (unpaired) electrons. The van der Waals surface area contributed by atoms with Gasteiger partial charge in [-0.05, 0) is 17.7 Å². The van der Waals surface area contributed by atoms with Crippen LogP contribution in [-0.4, -0.2) is 4.92 Å². The summed E-state index contributed by atoms with van der Waals surface area (Å²) in [5.74, 6) is 0.371. The Labute approximate surface area is 140 Å². The van der Waals surface area contributed by atoms with Crippen LogP contribution in [0.25, 0.3) is 0 Å². The van der Waals surface area contributed by atoms with Gasteiger partial charge in [0, 0.05) is 18.0 Å². The summed E-state index contributed by atoms with van der Waals surface area (Å²) >= 11 is 23.3. The fourth-order valence-electron chi connectivity index (χ4n) is 1.58. The van der Waals surface area contributed by atoms with Crippen LogP contribution in [0.15, 0.2) is 30.3 Å². The minimum absolute atomic E-state index is 0.0363. The number of halogens is 4. The number of alkyl halides is 1. The molecule has 0 N–H and O–H groups in total. The summed E-state index contributed by atoms with van der Waals surface area (Å²) in [5, 5.41) is 11.8. The van der Waals surface area contributed by atoms with E-state index in [9.17, 15) is 10.1 Å². The zero-order chi connectivity index (χ0) is 15.6. The van der Waals surface area contributed by atoms with Gasteiger partial charge >= 0.3 is 5.69 Å². The highest BCUT2D eigenvalue weighted by atomic mass is 35.5. The van der Waals surface area contributed by atoms with Crippen molar-refractivity contribution < 1.29 is 9.66 Å². The minimum Gasteiger partial charge on any atom is -0.449 e. The van der Waals surface area contributed by atoms with Crippen molar-refractivity contribution in [3.05, 3.63) is 61.1 Å². The zero-order valence-electron chi connectivity index (χ0n) is 10.3. The molecule has 0 saturated carbocycles. The maximum absolute atomic E-state index is 11.1. The van der Waals surface area contributed by atoms with Crippen molar-refractivity contribution in [2.24, 2.45) is 0 Å². The number of hydrogen-bond donors (Lipinski definition) is 0. The van der Waals surface area contributed by atoms with Gasteiger partial charge in [0.15, 0.2) is 0 Å². The lowest BCUT2D eigenvalue weighted by Crippen LogP contribution is -1.95. The van der Waals surface area contributed by atoms with Crippen LogP contribution in [0.2, 0.25) is 15.1 Å². The van der Waals surface area contributed by atoms with Crippen molar-refractivity contribution in [3.8, 4) is 11.5 Å². The van der Waals surface area contributed by atoms with Gasteiger partial charge in [0.25, 0.3) is 0 Å². The van der Waals surface area contributed by atoms with E-state index in [1.165, 1.54) is 24.3 Å². The molecule has 2 rings (SSSR count). The van der Waals surface area contributed by atoms with E-state index in [4.69, 9.17) is 51.1 Å². The smallest absolute Gasteiger partial charge is 0.311 e. The number of nitrogens with zero attached hydrogens (tertiary/aromatic N) is 1. The molecule has 0 bridgehead atoms. The van der Waals surface area contributed by atoms with E-state index in [1.54, 1.807) is 6.07 Å². The Morgan fingerprint density at radius 1 is 1.00 bits per heavy atom. The van der Waals surface area contributed by atoms with Gasteiger partial charge in [-0.25, -0.2) is 0 Å². The van der Waals surface area contributed by atoms with Crippen molar-refractivity contribution in [3.63, 3.8) is 0 Å². The van der Waals surface area contributed by atoms with Gasteiger partial charge < -0.3 is 4.74 Å². The molecule has 0 unspecified atom stereocenters. The van der Waals surface area contributed by atoms with Gasteiger partial charge in [0.1, 0.15) is 5.75 Å². The standard InChI is InChI=1S/C13H7Cl4NO3/c14-6-7-1-2-12(11(3-7)18(19)20)21-13-5-9(16)8(15)4-10(13)17/h1-5H,6H2. The van der Waals surface area contributed by atoms with Crippen LogP contribution in [0.5, 0.6) is 11.5 Å². The molecule has 110 valence electrons. The Balaban J connectivity index is 2.44. The third-order valence-electron chi connectivity index (χ3n) is 2.57. The van der Waals surface area contributed by atoms with E-state index in [0.717, 1.165) is 0 Å². The lowest BCUT2D eigenvalue weighted by molar-refractivity contribution is -0.385. The molecule has 0 atom stereocenters. The van der Waals surface area contributed by atoms with Crippen molar-refractivity contribution in [1.29, 1.82) is 0 Å². The second kappa shape index (κ2) is 6.71. The van der Waals surface area contributed by atoms with Gasteiger partial charge in [-0.2, -0.15) is 0 Å². The summed E-state index contributed by atoms with van der Waals surface area (Å²) in [7, 11) is 0. The lowest BCUT2D eigenvalue weighted by atomic mass is 10.2. The summed E-state index contributed by atoms with van der Waals surface area (Å²) in [6.45, 7) is 0. The van der Waals surface area contributed by atoms with E-state index in [2.05, 4.69) is 0 Å². The molecule has 0 heterocycles. The number of rotatable bonds is 4. The maximum Gasteiger partial charge on any atom is 0.311 e. The molecule has 0 saturated heterocycles. The molecule has 0 fully saturated rings. The van der Waals surface area contributed by atoms with E-state index < -0.39 is 4.92 Å². The average molecular weight is 367 g/mol. The summed E-state index contributed by atoms with van der Waals surface area (Å²) in [6.07, 6.45) is 0. The second-order valence-corrected chi connectivity index (χ2v) is 5.48. The Bertz CT molecular complexity index is 706. The molecule has 0 spiro atoms. The van der Waals surface area contributed by atoms with Gasteiger partial charge in [0.2, 0.25) is 5.75 Å². The first-order valence-electron chi connectivity index (χ1n) is 5.58. The summed E-state index contributed by atoms with van der Waals surface area (Å²) in [6, 6.07) is 7.22. The van der Waals surface area contributed by atoms with E-state index in [1.807, 2.05) is 0 Å². The van der Waals surface area contributed by atoms with Crippen LogP contribution in [0, 0.1) is 10.1 Å². The van der Waals surface area contributed by atoms with Crippen molar-refractivity contribution in [1.82, 2.24) is 0 Å². The topological polar surface area (TPSA) is 52.4 Å². The van der Waals surface area contributed by atoms with Crippen LogP contribution in [0.1, 0.15) is 5.56 Å². The Hall–Kier alpha value is -1.20. The number of nitro groups is 1. The zero-order valence-corrected chi connectivity index (χ0v) is 13.3. The van der Waals surface area contributed by atoms with Crippen LogP contribution >= 0.6 is 46.4 Å². The first-order valence-corrected chi connectivity index (χ1v) is 7.25. The molecule has 0 aromatic heterocycles. The predicted molar refractivity (Wildman–Crippen MR) is 84.2 cm³/mol. The monoisotopic (exact) mass is 365 g/mol. The highest BCUT2D eigenvalue weighted by Gasteiger charge is 2.18. The van der Waals surface area contributed by atoms with Gasteiger partial charge in [-0.3, -0.25) is 10.1 Å².